The molecular weight excluding hydrogens is 354 g/mol. The van der Waals surface area contributed by atoms with Crippen molar-refractivity contribution < 1.29 is 22.7 Å². The topological polar surface area (TPSA) is 81.7 Å². The largest absolute Gasteiger partial charge is 0.497 e. The number of sulfonamides is 1. The van der Waals surface area contributed by atoms with Crippen LogP contribution in [0.15, 0.2) is 65.6 Å². The summed E-state index contributed by atoms with van der Waals surface area (Å²) < 4.78 is 37.8. The van der Waals surface area contributed by atoms with Crippen LogP contribution in [0.1, 0.15) is 17.2 Å². The maximum atomic E-state index is 12.7. The Morgan fingerprint density at radius 2 is 1.62 bits per heavy atom. The monoisotopic (exact) mass is 375 g/mol. The van der Waals surface area contributed by atoms with Gasteiger partial charge in [-0.15, -0.1) is 0 Å². The zero-order valence-electron chi connectivity index (χ0n) is 14.9. The van der Waals surface area contributed by atoms with E-state index in [1.54, 1.807) is 36.4 Å². The van der Waals surface area contributed by atoms with Crippen molar-refractivity contribution in [1.82, 2.24) is 4.72 Å². The molecule has 0 saturated heterocycles. The lowest BCUT2D eigenvalue weighted by Gasteiger charge is -2.20. The van der Waals surface area contributed by atoms with Crippen molar-refractivity contribution in [2.75, 3.05) is 14.2 Å². The molecule has 1 atom stereocenters. The van der Waals surface area contributed by atoms with Crippen LogP contribution in [0, 0.1) is 6.92 Å². The van der Waals surface area contributed by atoms with Crippen molar-refractivity contribution in [2.24, 2.45) is 0 Å². The Morgan fingerprint density at radius 3 is 2.12 bits per heavy atom. The van der Waals surface area contributed by atoms with E-state index in [-0.39, 0.29) is 10.5 Å². The molecule has 2 rings (SSSR count). The summed E-state index contributed by atoms with van der Waals surface area (Å²) in [4.78, 5) is 12.0. The van der Waals surface area contributed by atoms with Crippen LogP contribution in [-0.4, -0.2) is 28.6 Å². The maximum absolute atomic E-state index is 12.7. The SMILES string of the molecule is C=C(C(=O)OC)C(NS(=O)(=O)c1ccc(C)cc1)c1ccc(OC)cc1. The minimum atomic E-state index is -3.88. The van der Waals surface area contributed by atoms with E-state index in [4.69, 9.17) is 9.47 Å². The van der Waals surface area contributed by atoms with Gasteiger partial charge in [0.1, 0.15) is 5.75 Å². The van der Waals surface area contributed by atoms with Crippen LogP contribution in [0.2, 0.25) is 0 Å². The van der Waals surface area contributed by atoms with E-state index in [0.29, 0.717) is 11.3 Å². The Hall–Kier alpha value is -2.64. The van der Waals surface area contributed by atoms with Crippen LogP contribution >= 0.6 is 0 Å². The second-order valence-electron chi connectivity index (χ2n) is 5.66. The van der Waals surface area contributed by atoms with Gasteiger partial charge in [0.15, 0.2) is 0 Å². The fourth-order valence-corrected chi connectivity index (χ4v) is 3.55. The summed E-state index contributed by atoms with van der Waals surface area (Å²) in [6.45, 7) is 5.57. The van der Waals surface area contributed by atoms with Crippen LogP contribution in [0.3, 0.4) is 0 Å². The molecule has 138 valence electrons. The van der Waals surface area contributed by atoms with E-state index in [9.17, 15) is 13.2 Å². The first-order chi connectivity index (χ1) is 12.3. The molecular formula is C19H21NO5S. The average molecular weight is 375 g/mol. The Morgan fingerprint density at radius 1 is 1.04 bits per heavy atom. The Labute approximate surface area is 153 Å². The molecule has 0 amide bonds. The number of hydrogen-bond acceptors (Lipinski definition) is 5. The molecule has 26 heavy (non-hydrogen) atoms. The van der Waals surface area contributed by atoms with Crippen molar-refractivity contribution in [3.8, 4) is 5.75 Å². The summed E-state index contributed by atoms with van der Waals surface area (Å²) in [5, 5.41) is 0. The van der Waals surface area contributed by atoms with E-state index < -0.39 is 22.0 Å². The van der Waals surface area contributed by atoms with Gasteiger partial charge in [0.2, 0.25) is 10.0 Å². The second-order valence-corrected chi connectivity index (χ2v) is 7.37. The highest BCUT2D eigenvalue weighted by Gasteiger charge is 2.27. The molecule has 1 N–H and O–H groups in total. The summed E-state index contributed by atoms with van der Waals surface area (Å²) in [6, 6.07) is 12.1. The molecule has 0 aliphatic carbocycles. The lowest BCUT2D eigenvalue weighted by atomic mass is 10.0. The highest BCUT2D eigenvalue weighted by Crippen LogP contribution is 2.26. The molecule has 6 nitrogen and oxygen atoms in total. The number of ether oxygens (including phenoxy) is 2. The molecule has 0 radical (unpaired) electrons. The standard InChI is InChI=1S/C19H21NO5S/c1-13-5-11-17(12-6-13)26(22,23)20-18(14(2)19(21)25-4)15-7-9-16(24-3)10-8-15/h5-12,18,20H,2H2,1,3-4H3. The van der Waals surface area contributed by atoms with E-state index in [1.165, 1.54) is 26.4 Å². The molecule has 0 aromatic heterocycles. The number of carbonyl (C=O) groups is 1. The third kappa shape index (κ3) is 4.50. The van der Waals surface area contributed by atoms with Crippen LogP contribution < -0.4 is 9.46 Å². The van der Waals surface area contributed by atoms with Gasteiger partial charge < -0.3 is 9.47 Å². The van der Waals surface area contributed by atoms with Crippen LogP contribution in [0.25, 0.3) is 0 Å². The summed E-state index contributed by atoms with van der Waals surface area (Å²) in [5.74, 6) is -0.0880. The third-order valence-corrected chi connectivity index (χ3v) is 5.29. The van der Waals surface area contributed by atoms with Gasteiger partial charge in [0.25, 0.3) is 0 Å². The molecule has 0 spiro atoms. The lowest BCUT2D eigenvalue weighted by Crippen LogP contribution is -2.32. The number of aryl methyl sites for hydroxylation is 1. The van der Waals surface area contributed by atoms with Crippen LogP contribution in [0.4, 0.5) is 0 Å². The Kier molecular flexibility index (Phi) is 6.18. The molecule has 7 heteroatoms. The highest BCUT2D eigenvalue weighted by atomic mass is 32.2. The van der Waals surface area contributed by atoms with Crippen molar-refractivity contribution in [3.05, 3.63) is 71.8 Å². The van der Waals surface area contributed by atoms with Crippen molar-refractivity contribution in [1.29, 1.82) is 0 Å². The van der Waals surface area contributed by atoms with Gasteiger partial charge >= 0.3 is 5.97 Å². The smallest absolute Gasteiger partial charge is 0.335 e. The molecule has 2 aromatic carbocycles. The molecule has 0 aliphatic rings. The predicted octanol–water partition coefficient (Wildman–Crippen LogP) is 2.75. The van der Waals surface area contributed by atoms with Gasteiger partial charge in [0, 0.05) is 0 Å². The van der Waals surface area contributed by atoms with Crippen molar-refractivity contribution in [2.45, 2.75) is 17.9 Å². The molecule has 0 aliphatic heterocycles. The quantitative estimate of drug-likeness (QED) is 0.594. The van der Waals surface area contributed by atoms with Crippen molar-refractivity contribution >= 4 is 16.0 Å². The number of benzene rings is 2. The number of nitrogens with one attached hydrogen (secondary N) is 1. The summed E-state index contributed by atoms with van der Waals surface area (Å²) in [7, 11) is -1.13. The second kappa shape index (κ2) is 8.16. The average Bonchev–Trinajstić information content (AvgIpc) is 2.65. The molecule has 0 heterocycles. The number of rotatable bonds is 7. The van der Waals surface area contributed by atoms with Gasteiger partial charge in [-0.1, -0.05) is 36.4 Å². The van der Waals surface area contributed by atoms with E-state index >= 15 is 0 Å². The Balaban J connectivity index is 2.41. The molecule has 1 unspecified atom stereocenters. The number of methoxy groups -OCH3 is 2. The normalized spacial score (nSPS) is 12.3. The predicted molar refractivity (Wildman–Crippen MR) is 98.4 cm³/mol. The molecule has 0 bridgehead atoms. The molecule has 0 fully saturated rings. The maximum Gasteiger partial charge on any atom is 0.335 e. The zero-order chi connectivity index (χ0) is 19.3. The fourth-order valence-electron chi connectivity index (χ4n) is 2.33. The first-order valence-corrected chi connectivity index (χ1v) is 9.27. The minimum Gasteiger partial charge on any atom is -0.497 e. The molecule has 0 saturated carbocycles. The number of esters is 1. The van der Waals surface area contributed by atoms with Gasteiger partial charge in [-0.25, -0.2) is 13.2 Å². The fraction of sp³-hybridized carbons (Fsp3) is 0.211. The van der Waals surface area contributed by atoms with Gasteiger partial charge in [0.05, 0.1) is 30.7 Å². The Bertz CT molecular complexity index is 887. The van der Waals surface area contributed by atoms with Gasteiger partial charge in [-0.2, -0.15) is 4.72 Å². The lowest BCUT2D eigenvalue weighted by molar-refractivity contribution is -0.136. The first-order valence-electron chi connectivity index (χ1n) is 7.78. The van der Waals surface area contributed by atoms with Crippen molar-refractivity contribution in [3.63, 3.8) is 0 Å². The summed E-state index contributed by atoms with van der Waals surface area (Å²) in [6.07, 6.45) is 0. The summed E-state index contributed by atoms with van der Waals surface area (Å²) >= 11 is 0. The van der Waals surface area contributed by atoms with E-state index in [0.717, 1.165) is 5.56 Å². The van der Waals surface area contributed by atoms with Crippen LogP contribution in [-0.2, 0) is 19.6 Å². The van der Waals surface area contributed by atoms with Gasteiger partial charge in [-0.3, -0.25) is 0 Å². The van der Waals surface area contributed by atoms with E-state index in [2.05, 4.69) is 11.3 Å². The summed E-state index contributed by atoms with van der Waals surface area (Å²) in [5.41, 5.74) is 1.46. The van der Waals surface area contributed by atoms with E-state index in [1.807, 2.05) is 6.92 Å². The first kappa shape index (κ1) is 19.7. The zero-order valence-corrected chi connectivity index (χ0v) is 15.7. The number of carbonyl (C=O) groups excluding carboxylic acids is 1. The molecule has 2 aromatic rings. The minimum absolute atomic E-state index is 0.0200. The third-order valence-electron chi connectivity index (χ3n) is 3.85. The van der Waals surface area contributed by atoms with Crippen LogP contribution in [0.5, 0.6) is 5.75 Å². The highest BCUT2D eigenvalue weighted by molar-refractivity contribution is 7.89. The number of hydrogen-bond donors (Lipinski definition) is 1. The van der Waals surface area contributed by atoms with Gasteiger partial charge in [-0.05, 0) is 36.8 Å².